The molecule has 0 radical (unpaired) electrons. The molecule has 1 rings (SSSR count). The average molecular weight is 280 g/mol. The van der Waals surface area contributed by atoms with E-state index in [-0.39, 0.29) is 10.6 Å². The largest absolute Gasteiger partial charge is 0.382 e. The van der Waals surface area contributed by atoms with Crippen LogP contribution in [0.4, 0.5) is 11.4 Å². The maximum absolute atomic E-state index is 11.0. The van der Waals surface area contributed by atoms with Crippen molar-refractivity contribution in [3.05, 3.63) is 33.9 Å². The minimum absolute atomic E-state index is 0.131. The monoisotopic (exact) mass is 280 g/mol. The highest BCUT2D eigenvalue weighted by Gasteiger charge is 2.16. The van der Waals surface area contributed by atoms with Gasteiger partial charge in [-0.05, 0) is 46.2 Å². The molecule has 112 valence electrons. The van der Waals surface area contributed by atoms with Crippen molar-refractivity contribution in [1.29, 1.82) is 0 Å². The number of hydrogen-bond acceptors (Lipinski definition) is 5. The van der Waals surface area contributed by atoms with Crippen LogP contribution in [0, 0.1) is 10.1 Å². The molecule has 0 aliphatic heterocycles. The summed E-state index contributed by atoms with van der Waals surface area (Å²) in [4.78, 5) is 15.0. The van der Waals surface area contributed by atoms with Gasteiger partial charge in [0, 0.05) is 19.7 Å². The maximum atomic E-state index is 11.0. The maximum Gasteiger partial charge on any atom is 0.292 e. The predicted molar refractivity (Wildman–Crippen MR) is 82.1 cm³/mol. The van der Waals surface area contributed by atoms with Gasteiger partial charge in [-0.15, -0.1) is 0 Å². The van der Waals surface area contributed by atoms with Crippen molar-refractivity contribution in [3.63, 3.8) is 0 Å². The average Bonchev–Trinajstić information content (AvgIpc) is 2.37. The van der Waals surface area contributed by atoms with E-state index in [9.17, 15) is 10.1 Å². The van der Waals surface area contributed by atoms with Gasteiger partial charge in [-0.3, -0.25) is 10.1 Å². The van der Waals surface area contributed by atoms with Gasteiger partial charge in [0.1, 0.15) is 5.69 Å². The van der Waals surface area contributed by atoms with Gasteiger partial charge in [0.2, 0.25) is 0 Å². The van der Waals surface area contributed by atoms with Gasteiger partial charge in [0.25, 0.3) is 5.69 Å². The number of para-hydroxylation sites is 1. The summed E-state index contributed by atoms with van der Waals surface area (Å²) in [6.07, 6.45) is 1.08. The second kappa shape index (κ2) is 7.81. The molecule has 0 bridgehead atoms. The predicted octanol–water partition coefficient (Wildman–Crippen LogP) is 2.02. The van der Waals surface area contributed by atoms with E-state index >= 15 is 0 Å². The highest BCUT2D eigenvalue weighted by Crippen LogP contribution is 2.28. The van der Waals surface area contributed by atoms with E-state index in [1.807, 2.05) is 13.1 Å². The Morgan fingerprint density at radius 1 is 1.25 bits per heavy atom. The Morgan fingerprint density at radius 2 is 1.95 bits per heavy atom. The van der Waals surface area contributed by atoms with Gasteiger partial charge >= 0.3 is 0 Å². The molecule has 0 amide bonds. The second-order valence-electron chi connectivity index (χ2n) is 5.21. The van der Waals surface area contributed by atoms with Crippen LogP contribution < -0.4 is 5.32 Å². The van der Waals surface area contributed by atoms with E-state index in [2.05, 4.69) is 29.2 Å². The quantitative estimate of drug-likeness (QED) is 0.583. The molecule has 0 saturated heterocycles. The van der Waals surface area contributed by atoms with Gasteiger partial charge < -0.3 is 15.1 Å². The van der Waals surface area contributed by atoms with Crippen molar-refractivity contribution >= 4 is 11.4 Å². The van der Waals surface area contributed by atoms with E-state index < -0.39 is 0 Å². The second-order valence-corrected chi connectivity index (χ2v) is 5.21. The van der Waals surface area contributed by atoms with Crippen molar-refractivity contribution in [3.8, 4) is 0 Å². The molecular formula is C14H24N4O2. The van der Waals surface area contributed by atoms with Gasteiger partial charge in [-0.1, -0.05) is 12.1 Å². The van der Waals surface area contributed by atoms with Crippen molar-refractivity contribution in [1.82, 2.24) is 9.80 Å². The van der Waals surface area contributed by atoms with E-state index in [0.29, 0.717) is 12.2 Å². The number of nitrogens with one attached hydrogen (secondary N) is 1. The lowest BCUT2D eigenvalue weighted by Gasteiger charge is -2.19. The number of anilines is 1. The van der Waals surface area contributed by atoms with Crippen LogP contribution in [0.15, 0.2) is 18.2 Å². The zero-order valence-electron chi connectivity index (χ0n) is 12.7. The van der Waals surface area contributed by atoms with Crippen molar-refractivity contribution in [2.45, 2.75) is 13.0 Å². The van der Waals surface area contributed by atoms with Crippen LogP contribution in [0.25, 0.3) is 0 Å². The number of nitro groups is 1. The number of benzene rings is 1. The Hall–Kier alpha value is -1.66. The SMILES string of the molecule is CNc1c(CN(C)CCCN(C)C)cccc1[N+](=O)[O-]. The molecule has 0 saturated carbocycles. The van der Waals surface area contributed by atoms with Gasteiger partial charge in [0.15, 0.2) is 0 Å². The Morgan fingerprint density at radius 3 is 2.50 bits per heavy atom. The lowest BCUT2D eigenvalue weighted by atomic mass is 10.1. The standard InChI is InChI=1S/C14H24N4O2/c1-15-14-12(7-5-8-13(14)18(19)20)11-17(4)10-6-9-16(2)3/h5,7-8,15H,6,9-11H2,1-4H3. The fourth-order valence-electron chi connectivity index (χ4n) is 2.19. The number of nitro benzene ring substituents is 1. The molecule has 1 N–H and O–H groups in total. The summed E-state index contributed by atoms with van der Waals surface area (Å²) in [7, 11) is 7.87. The zero-order chi connectivity index (χ0) is 15.1. The van der Waals surface area contributed by atoms with Crippen LogP contribution in [-0.2, 0) is 6.54 Å². The highest BCUT2D eigenvalue weighted by atomic mass is 16.6. The first-order chi connectivity index (χ1) is 9.45. The molecule has 0 unspecified atom stereocenters. The summed E-state index contributed by atoms with van der Waals surface area (Å²) in [6.45, 7) is 2.70. The third-order valence-electron chi connectivity index (χ3n) is 3.16. The van der Waals surface area contributed by atoms with Gasteiger partial charge in [-0.25, -0.2) is 0 Å². The molecule has 6 nitrogen and oxygen atoms in total. The summed E-state index contributed by atoms with van der Waals surface area (Å²) < 4.78 is 0. The topological polar surface area (TPSA) is 61.6 Å². The highest BCUT2D eigenvalue weighted by molar-refractivity contribution is 5.66. The van der Waals surface area contributed by atoms with Crippen LogP contribution >= 0.6 is 0 Å². The summed E-state index contributed by atoms with van der Waals surface area (Å²) in [5.74, 6) is 0. The van der Waals surface area contributed by atoms with E-state index in [1.165, 1.54) is 6.07 Å². The zero-order valence-corrected chi connectivity index (χ0v) is 12.7. The summed E-state index contributed by atoms with van der Waals surface area (Å²) >= 11 is 0. The fourth-order valence-corrected chi connectivity index (χ4v) is 2.19. The van der Waals surface area contributed by atoms with Crippen LogP contribution in [0.5, 0.6) is 0 Å². The lowest BCUT2D eigenvalue weighted by molar-refractivity contribution is -0.384. The molecule has 1 aromatic rings. The van der Waals surface area contributed by atoms with Gasteiger partial charge in [0.05, 0.1) is 4.92 Å². The smallest absolute Gasteiger partial charge is 0.292 e. The van der Waals surface area contributed by atoms with Crippen molar-refractivity contribution < 1.29 is 4.92 Å². The lowest BCUT2D eigenvalue weighted by Crippen LogP contribution is -2.23. The number of rotatable bonds is 8. The minimum atomic E-state index is -0.346. The Bertz CT molecular complexity index is 449. The van der Waals surface area contributed by atoms with Crippen molar-refractivity contribution in [2.24, 2.45) is 0 Å². The molecule has 6 heteroatoms. The molecule has 0 spiro atoms. The molecule has 0 heterocycles. The Balaban J connectivity index is 2.71. The van der Waals surface area contributed by atoms with Crippen LogP contribution in [0.2, 0.25) is 0 Å². The first-order valence-electron chi connectivity index (χ1n) is 6.73. The fraction of sp³-hybridized carbons (Fsp3) is 0.571. The molecule has 1 aromatic carbocycles. The summed E-state index contributed by atoms with van der Waals surface area (Å²) in [5, 5.41) is 14.0. The normalized spacial score (nSPS) is 11.1. The minimum Gasteiger partial charge on any atom is -0.382 e. The first-order valence-corrected chi connectivity index (χ1v) is 6.73. The summed E-state index contributed by atoms with van der Waals surface area (Å²) in [5.41, 5.74) is 1.69. The van der Waals surface area contributed by atoms with Gasteiger partial charge in [-0.2, -0.15) is 0 Å². The molecule has 0 fully saturated rings. The third-order valence-corrected chi connectivity index (χ3v) is 3.16. The van der Waals surface area contributed by atoms with Crippen LogP contribution in [0.1, 0.15) is 12.0 Å². The Labute approximate surface area is 120 Å². The molecular weight excluding hydrogens is 256 g/mol. The molecule has 20 heavy (non-hydrogen) atoms. The Kier molecular flexibility index (Phi) is 6.41. The molecule has 0 aromatic heterocycles. The van der Waals surface area contributed by atoms with E-state index in [0.717, 1.165) is 25.1 Å². The molecule has 0 aliphatic rings. The molecule has 0 atom stereocenters. The first kappa shape index (κ1) is 16.4. The molecule has 0 aliphatic carbocycles. The van der Waals surface area contributed by atoms with E-state index in [1.54, 1.807) is 13.1 Å². The van der Waals surface area contributed by atoms with Crippen LogP contribution in [-0.4, -0.2) is 56.0 Å². The van der Waals surface area contributed by atoms with E-state index in [4.69, 9.17) is 0 Å². The third kappa shape index (κ3) is 4.79. The van der Waals surface area contributed by atoms with Crippen molar-refractivity contribution in [2.75, 3.05) is 46.6 Å². The summed E-state index contributed by atoms with van der Waals surface area (Å²) in [6, 6.07) is 5.20. The number of hydrogen-bond donors (Lipinski definition) is 1. The number of nitrogens with zero attached hydrogens (tertiary/aromatic N) is 3. The van der Waals surface area contributed by atoms with Crippen LogP contribution in [0.3, 0.4) is 0 Å².